The molecule has 1 aliphatic rings. The molecular weight excluding hydrogens is 588 g/mol. The minimum atomic E-state index is -1.14. The Kier molecular flexibility index (Phi) is 9.30. The van der Waals surface area contributed by atoms with Crippen LogP contribution in [0.4, 0.5) is 30.8 Å². The average molecular weight is 624 g/mol. The van der Waals surface area contributed by atoms with Crippen molar-refractivity contribution in [2.24, 2.45) is 0 Å². The lowest BCUT2D eigenvalue weighted by Crippen LogP contribution is -2.42. The van der Waals surface area contributed by atoms with Gasteiger partial charge in [0.25, 0.3) is 0 Å². The lowest BCUT2D eigenvalue weighted by molar-refractivity contribution is -0.116. The van der Waals surface area contributed by atoms with Crippen molar-refractivity contribution < 1.29 is 32.6 Å². The predicted octanol–water partition coefficient (Wildman–Crippen LogP) is 5.66. The van der Waals surface area contributed by atoms with Gasteiger partial charge in [0.15, 0.2) is 11.6 Å². The van der Waals surface area contributed by atoms with E-state index in [2.05, 4.69) is 25.7 Å². The number of hydrogen-bond donors (Lipinski definition) is 2. The molecule has 12 nitrogen and oxygen atoms in total. The van der Waals surface area contributed by atoms with Gasteiger partial charge >= 0.3 is 6.09 Å². The highest BCUT2D eigenvalue weighted by Gasteiger charge is 2.33. The molecule has 0 unspecified atom stereocenters. The first-order valence-electron chi connectivity index (χ1n) is 14.6. The lowest BCUT2D eigenvalue weighted by Gasteiger charge is -2.28. The number of nitrogens with one attached hydrogen (secondary N) is 2. The topological polar surface area (TPSA) is 133 Å². The van der Waals surface area contributed by atoms with E-state index in [1.165, 1.54) is 29.3 Å². The van der Waals surface area contributed by atoms with Gasteiger partial charge in [-0.25, -0.2) is 23.5 Å². The molecule has 2 aromatic heterocycles. The van der Waals surface area contributed by atoms with Crippen LogP contribution in [-0.2, 0) is 16.1 Å². The van der Waals surface area contributed by atoms with Crippen molar-refractivity contribution in [3.8, 4) is 11.5 Å². The molecule has 0 saturated carbocycles. The zero-order valence-electron chi connectivity index (χ0n) is 25.5. The zero-order valence-corrected chi connectivity index (χ0v) is 25.5. The van der Waals surface area contributed by atoms with E-state index in [1.54, 1.807) is 23.2 Å². The van der Waals surface area contributed by atoms with Crippen molar-refractivity contribution in [1.82, 2.24) is 24.6 Å². The minimum Gasteiger partial charge on any atom is -0.494 e. The van der Waals surface area contributed by atoms with Crippen molar-refractivity contribution >= 4 is 40.1 Å². The highest BCUT2D eigenvalue weighted by molar-refractivity contribution is 5.97. The summed E-state index contributed by atoms with van der Waals surface area (Å²) in [4.78, 5) is 35.8. The van der Waals surface area contributed by atoms with E-state index in [9.17, 15) is 18.4 Å². The van der Waals surface area contributed by atoms with Gasteiger partial charge in [0.1, 0.15) is 42.4 Å². The number of likely N-dealkylation sites (tertiary alicyclic amines) is 1. The Morgan fingerprint density at radius 1 is 1.13 bits per heavy atom. The molecule has 2 N–H and O–H groups in total. The number of amides is 2. The van der Waals surface area contributed by atoms with Crippen LogP contribution >= 0.6 is 0 Å². The van der Waals surface area contributed by atoms with Gasteiger partial charge in [-0.1, -0.05) is 6.07 Å². The molecule has 0 aliphatic carbocycles. The maximum Gasteiger partial charge on any atom is 0.410 e. The van der Waals surface area contributed by atoms with Crippen LogP contribution in [-0.4, -0.2) is 68.1 Å². The normalized spacial score (nSPS) is 14.8. The largest absolute Gasteiger partial charge is 0.494 e. The predicted molar refractivity (Wildman–Crippen MR) is 163 cm³/mol. The number of fused-ring (bicyclic) bond motifs is 1. The molecule has 238 valence electrons. The minimum absolute atomic E-state index is 0.183. The summed E-state index contributed by atoms with van der Waals surface area (Å²) < 4.78 is 46.5. The molecule has 5 rings (SSSR count). The quantitative estimate of drug-likeness (QED) is 0.230. The number of benzene rings is 2. The van der Waals surface area contributed by atoms with E-state index >= 15 is 0 Å². The third-order valence-electron chi connectivity index (χ3n) is 6.85. The summed E-state index contributed by atoms with van der Waals surface area (Å²) in [7, 11) is 0. The number of carbonyl (C=O) groups excluding carboxylic acids is 2. The number of aromatic nitrogens is 4. The number of anilines is 3. The molecule has 2 aromatic carbocycles. The summed E-state index contributed by atoms with van der Waals surface area (Å²) in [5.74, 6) is -1.35. The smallest absolute Gasteiger partial charge is 0.410 e. The fraction of sp³-hybridized carbons (Fsp3) is 0.387. The van der Waals surface area contributed by atoms with Crippen LogP contribution in [0.2, 0.25) is 0 Å². The Balaban J connectivity index is 1.34. The highest BCUT2D eigenvalue weighted by Crippen LogP contribution is 2.36. The van der Waals surface area contributed by atoms with Gasteiger partial charge in [-0.05, 0) is 52.7 Å². The Morgan fingerprint density at radius 3 is 2.73 bits per heavy atom. The van der Waals surface area contributed by atoms with Crippen molar-refractivity contribution in [2.45, 2.75) is 58.7 Å². The van der Waals surface area contributed by atoms with Crippen molar-refractivity contribution in [3.63, 3.8) is 0 Å². The lowest BCUT2D eigenvalue weighted by atomic mass is 10.2. The fourth-order valence-corrected chi connectivity index (χ4v) is 4.93. The van der Waals surface area contributed by atoms with Crippen molar-refractivity contribution in [1.29, 1.82) is 0 Å². The summed E-state index contributed by atoms with van der Waals surface area (Å²) in [6.07, 6.45) is 5.69. The summed E-state index contributed by atoms with van der Waals surface area (Å²) in [6.45, 7) is 8.37. The third kappa shape index (κ3) is 7.75. The van der Waals surface area contributed by atoms with Gasteiger partial charge in [0.2, 0.25) is 5.91 Å². The highest BCUT2D eigenvalue weighted by atomic mass is 19.2. The fourth-order valence-electron chi connectivity index (χ4n) is 4.93. The number of rotatable bonds is 10. The van der Waals surface area contributed by atoms with Crippen LogP contribution in [0.25, 0.3) is 10.9 Å². The van der Waals surface area contributed by atoms with Crippen LogP contribution in [0.15, 0.2) is 49.1 Å². The third-order valence-corrected chi connectivity index (χ3v) is 6.85. The van der Waals surface area contributed by atoms with Crippen LogP contribution in [0, 0.1) is 11.6 Å². The Morgan fingerprint density at radius 2 is 1.96 bits per heavy atom. The molecule has 1 aliphatic heterocycles. The summed E-state index contributed by atoms with van der Waals surface area (Å²) >= 11 is 0. The maximum absolute atomic E-state index is 14.0. The molecule has 1 fully saturated rings. The van der Waals surface area contributed by atoms with Crippen LogP contribution in [0.5, 0.6) is 11.5 Å². The van der Waals surface area contributed by atoms with Gasteiger partial charge in [-0.2, -0.15) is 5.10 Å². The van der Waals surface area contributed by atoms with Gasteiger partial charge in [0.05, 0.1) is 41.1 Å². The number of ether oxygens (including phenoxy) is 3. The first kappa shape index (κ1) is 31.4. The van der Waals surface area contributed by atoms with Crippen LogP contribution in [0.3, 0.4) is 0 Å². The molecule has 1 atom stereocenters. The number of halogens is 2. The van der Waals surface area contributed by atoms with E-state index in [1.807, 2.05) is 27.7 Å². The molecule has 2 amide bonds. The summed E-state index contributed by atoms with van der Waals surface area (Å²) in [6, 6.07) is 6.89. The average Bonchev–Trinajstić information content (AvgIpc) is 3.63. The molecular formula is C31H35F2N7O5. The van der Waals surface area contributed by atoms with Crippen molar-refractivity contribution in [2.75, 3.05) is 30.4 Å². The van der Waals surface area contributed by atoms with E-state index in [-0.39, 0.29) is 31.0 Å². The second-order valence-corrected chi connectivity index (χ2v) is 11.5. The standard InChI is InChI=1S/C31H35F2N7O5/c1-5-43-21-12-24-27(25(13-21)44-17-20-8-7-11-40(20)30(42)45-31(2,3)4)29(35-18-34-24)37-19-14-36-39(15-19)16-26(41)38-23-10-6-9-22(32)28(23)33/h6,9-10,12-15,18,20H,5,7-8,11,16-17H2,1-4H3,(H,38,41)(H,34,35,37)/t20-/m1/s1. The second kappa shape index (κ2) is 13.3. The maximum atomic E-state index is 14.0. The second-order valence-electron chi connectivity index (χ2n) is 11.5. The van der Waals surface area contributed by atoms with Crippen LogP contribution in [0.1, 0.15) is 40.5 Å². The van der Waals surface area contributed by atoms with Gasteiger partial charge in [-0.3, -0.25) is 9.48 Å². The molecule has 3 heterocycles. The first-order chi connectivity index (χ1) is 21.5. The molecule has 45 heavy (non-hydrogen) atoms. The van der Waals surface area contributed by atoms with Gasteiger partial charge < -0.3 is 29.7 Å². The number of carbonyl (C=O) groups is 2. The van der Waals surface area contributed by atoms with E-state index in [4.69, 9.17) is 14.2 Å². The molecule has 0 radical (unpaired) electrons. The van der Waals surface area contributed by atoms with Crippen molar-refractivity contribution in [3.05, 3.63) is 60.7 Å². The summed E-state index contributed by atoms with van der Waals surface area (Å²) in [5, 5.41) is 10.3. The van der Waals surface area contributed by atoms with E-state index in [0.29, 0.717) is 47.1 Å². The zero-order chi connectivity index (χ0) is 32.1. The Bertz CT molecular complexity index is 1690. The Labute approximate surface area is 258 Å². The first-order valence-corrected chi connectivity index (χ1v) is 14.6. The SMILES string of the molecule is CCOc1cc(OC[C@H]2CCCN2C(=O)OC(C)(C)C)c2c(Nc3cnn(CC(=O)Nc4cccc(F)c4F)c3)ncnc2c1. The van der Waals surface area contributed by atoms with Gasteiger partial charge in [0, 0.05) is 24.9 Å². The Hall–Kier alpha value is -5.01. The molecule has 1 saturated heterocycles. The van der Waals surface area contributed by atoms with Gasteiger partial charge in [-0.15, -0.1) is 0 Å². The summed E-state index contributed by atoms with van der Waals surface area (Å²) in [5.41, 5.74) is 0.199. The molecule has 0 spiro atoms. The van der Waals surface area contributed by atoms with E-state index < -0.39 is 23.1 Å². The number of hydrogen-bond acceptors (Lipinski definition) is 9. The monoisotopic (exact) mass is 623 g/mol. The molecule has 14 heteroatoms. The van der Waals surface area contributed by atoms with E-state index in [0.717, 1.165) is 18.9 Å². The van der Waals surface area contributed by atoms with Crippen LogP contribution < -0.4 is 20.1 Å². The molecule has 4 aromatic rings. The molecule has 0 bridgehead atoms. The number of nitrogens with zero attached hydrogens (tertiary/aromatic N) is 5.